The van der Waals surface area contributed by atoms with Gasteiger partial charge in [-0.1, -0.05) is 54.0 Å². The molecule has 0 spiro atoms. The standard InChI is InChI=1S/C37H47BF3N5O8/c1-33(2,3)52-32(50)43-28(20-24-15-17-26(18-16-24)37(39,40)41)30(48)46-21-27(14-11-19-38-53-34(4,5)35(6,7)54-38)36(23-46,44-45-42)31(49)51-22-29(47)25-12-9-8-10-13-25/h8-10,12-13,15-18,27-28H,11,14,19-23H2,1-7H3,(H,43,50)/t27-,28?,36-/m0/s1. The number of likely N-dealkylation sites (tertiary alicyclic amines) is 1. The second-order valence-corrected chi connectivity index (χ2v) is 15.6. The van der Waals surface area contributed by atoms with Crippen molar-refractivity contribution in [3.63, 3.8) is 0 Å². The highest BCUT2D eigenvalue weighted by atomic mass is 19.4. The number of carbonyl (C=O) groups excluding carboxylic acids is 4. The molecular weight excluding hydrogens is 710 g/mol. The lowest BCUT2D eigenvalue weighted by atomic mass is 9.78. The number of hydrogen-bond donors (Lipinski definition) is 1. The van der Waals surface area contributed by atoms with E-state index in [1.807, 2.05) is 27.7 Å². The van der Waals surface area contributed by atoms with Crippen LogP contribution >= 0.6 is 0 Å². The molecular formula is C37H47BF3N5O8. The molecule has 2 amide bonds. The summed E-state index contributed by atoms with van der Waals surface area (Å²) in [6.07, 6.45) is -4.72. The highest BCUT2D eigenvalue weighted by molar-refractivity contribution is 6.45. The lowest BCUT2D eigenvalue weighted by molar-refractivity contribution is -0.150. The van der Waals surface area contributed by atoms with E-state index < -0.39 is 90.1 Å². The average molecular weight is 758 g/mol. The second-order valence-electron chi connectivity index (χ2n) is 15.6. The maximum absolute atomic E-state index is 14.3. The van der Waals surface area contributed by atoms with Crippen LogP contribution in [0, 0.1) is 5.92 Å². The SMILES string of the molecule is CC(C)(C)OC(=O)NC(Cc1ccc(C(F)(F)F)cc1)C(=O)N1C[C@H](CCCB2OC(C)(C)C(C)(C)O2)[C@](N=[N+]=[N-])(C(=O)OCC(=O)c2ccccc2)C1. The number of amides is 2. The van der Waals surface area contributed by atoms with Crippen LogP contribution in [0.3, 0.4) is 0 Å². The summed E-state index contributed by atoms with van der Waals surface area (Å²) in [6, 6.07) is 10.9. The van der Waals surface area contributed by atoms with Gasteiger partial charge in [0.25, 0.3) is 0 Å². The Morgan fingerprint density at radius 2 is 1.63 bits per heavy atom. The average Bonchev–Trinajstić information content (AvgIpc) is 3.54. The topological polar surface area (TPSA) is 169 Å². The van der Waals surface area contributed by atoms with Crippen LogP contribution in [0.15, 0.2) is 59.7 Å². The molecule has 0 bridgehead atoms. The quantitative estimate of drug-likeness (QED) is 0.0572. The number of benzene rings is 2. The van der Waals surface area contributed by atoms with Gasteiger partial charge < -0.3 is 29.0 Å². The molecule has 0 aliphatic carbocycles. The molecule has 2 aliphatic rings. The van der Waals surface area contributed by atoms with E-state index in [9.17, 15) is 37.9 Å². The van der Waals surface area contributed by atoms with E-state index in [0.717, 1.165) is 12.1 Å². The molecule has 2 aliphatic heterocycles. The maximum Gasteiger partial charge on any atom is 0.457 e. The van der Waals surface area contributed by atoms with E-state index in [-0.39, 0.29) is 19.4 Å². The van der Waals surface area contributed by atoms with Gasteiger partial charge in [-0.05, 0) is 84.4 Å². The molecule has 2 fully saturated rings. The number of halogens is 3. The number of carbonyl (C=O) groups is 4. The van der Waals surface area contributed by atoms with Gasteiger partial charge in [0.15, 0.2) is 17.9 Å². The molecule has 4 rings (SSSR count). The molecule has 54 heavy (non-hydrogen) atoms. The van der Waals surface area contributed by atoms with Crippen molar-refractivity contribution < 1.29 is 51.1 Å². The van der Waals surface area contributed by atoms with Crippen LogP contribution in [0.25, 0.3) is 10.4 Å². The Morgan fingerprint density at radius 1 is 1.02 bits per heavy atom. The smallest absolute Gasteiger partial charge is 0.457 e. The third kappa shape index (κ3) is 10.3. The highest BCUT2D eigenvalue weighted by Crippen LogP contribution is 2.41. The minimum atomic E-state index is -4.58. The summed E-state index contributed by atoms with van der Waals surface area (Å²) in [5, 5.41) is 6.45. The number of Topliss-reactive ketones (excluding diaryl/α,β-unsaturated/α-hetero) is 1. The van der Waals surface area contributed by atoms with E-state index in [2.05, 4.69) is 15.3 Å². The number of ketones is 1. The molecule has 13 nitrogen and oxygen atoms in total. The molecule has 0 aromatic heterocycles. The molecule has 1 unspecified atom stereocenters. The Morgan fingerprint density at radius 3 is 2.19 bits per heavy atom. The fraction of sp³-hybridized carbons (Fsp3) is 0.568. The first-order chi connectivity index (χ1) is 25.1. The molecule has 1 N–H and O–H groups in total. The van der Waals surface area contributed by atoms with Gasteiger partial charge in [-0.15, -0.1) is 0 Å². The van der Waals surface area contributed by atoms with Crippen molar-refractivity contribution in [3.8, 4) is 0 Å². The molecule has 2 aromatic rings. The summed E-state index contributed by atoms with van der Waals surface area (Å²) in [6.45, 7) is 11.3. The van der Waals surface area contributed by atoms with E-state index in [1.165, 1.54) is 17.0 Å². The molecule has 2 saturated heterocycles. The molecule has 3 atom stereocenters. The predicted octanol–water partition coefficient (Wildman–Crippen LogP) is 6.95. The van der Waals surface area contributed by atoms with Gasteiger partial charge in [0.05, 0.1) is 16.8 Å². The van der Waals surface area contributed by atoms with Crippen molar-refractivity contribution in [2.45, 2.75) is 109 Å². The Balaban J connectivity index is 1.62. The molecule has 2 heterocycles. The normalized spacial score (nSPS) is 21.2. The van der Waals surface area contributed by atoms with Gasteiger partial charge >= 0.3 is 25.4 Å². The lowest BCUT2D eigenvalue weighted by Gasteiger charge is -2.32. The van der Waals surface area contributed by atoms with Crippen LogP contribution < -0.4 is 5.32 Å². The first kappa shape index (κ1) is 42.2. The summed E-state index contributed by atoms with van der Waals surface area (Å²) in [4.78, 5) is 58.3. The number of hydrogen-bond acceptors (Lipinski definition) is 9. The zero-order valence-electron chi connectivity index (χ0n) is 31.6. The molecule has 0 radical (unpaired) electrons. The van der Waals surface area contributed by atoms with Crippen molar-refractivity contribution in [2.24, 2.45) is 11.0 Å². The van der Waals surface area contributed by atoms with Crippen molar-refractivity contribution in [3.05, 3.63) is 81.7 Å². The summed E-state index contributed by atoms with van der Waals surface area (Å²) in [5.41, 5.74) is 5.38. The van der Waals surface area contributed by atoms with E-state index >= 15 is 0 Å². The minimum Gasteiger partial charge on any atom is -0.457 e. The summed E-state index contributed by atoms with van der Waals surface area (Å²) < 4.78 is 62.9. The first-order valence-electron chi connectivity index (χ1n) is 17.7. The predicted molar refractivity (Wildman–Crippen MR) is 192 cm³/mol. The molecule has 0 saturated carbocycles. The number of azide groups is 1. The number of esters is 1. The second kappa shape index (κ2) is 16.4. The fourth-order valence-electron chi connectivity index (χ4n) is 6.38. The molecule has 2 aromatic carbocycles. The van der Waals surface area contributed by atoms with Crippen LogP contribution in [0.2, 0.25) is 6.32 Å². The van der Waals surface area contributed by atoms with Crippen molar-refractivity contribution in [1.29, 1.82) is 0 Å². The number of alkyl halides is 3. The number of alkyl carbamates (subject to hydrolysis) is 1. The van der Waals surface area contributed by atoms with Gasteiger partial charge in [0, 0.05) is 35.9 Å². The van der Waals surface area contributed by atoms with Crippen LogP contribution in [0.1, 0.15) is 82.8 Å². The number of nitrogens with one attached hydrogen (secondary N) is 1. The number of nitrogens with zero attached hydrogens (tertiary/aromatic N) is 4. The lowest BCUT2D eigenvalue weighted by Crippen LogP contribution is -2.52. The fourth-order valence-corrected chi connectivity index (χ4v) is 6.38. The molecule has 292 valence electrons. The Hall–Kier alpha value is -4.60. The molecule has 17 heteroatoms. The van der Waals surface area contributed by atoms with E-state index in [4.69, 9.17) is 18.8 Å². The zero-order valence-corrected chi connectivity index (χ0v) is 31.6. The van der Waals surface area contributed by atoms with Crippen LogP contribution in [-0.4, -0.2) is 83.9 Å². The number of rotatable bonds is 13. The summed E-state index contributed by atoms with van der Waals surface area (Å²) >= 11 is 0. The van der Waals surface area contributed by atoms with Gasteiger partial charge in [0.1, 0.15) is 11.6 Å². The van der Waals surface area contributed by atoms with E-state index in [0.29, 0.717) is 23.9 Å². The van der Waals surface area contributed by atoms with Crippen molar-refractivity contribution in [2.75, 3.05) is 19.7 Å². The highest BCUT2D eigenvalue weighted by Gasteiger charge is 2.55. The van der Waals surface area contributed by atoms with Crippen LogP contribution in [0.4, 0.5) is 18.0 Å². The Bertz CT molecular complexity index is 1710. The summed E-state index contributed by atoms with van der Waals surface area (Å²) in [7, 11) is -0.565. The van der Waals surface area contributed by atoms with Gasteiger partial charge in [-0.3, -0.25) is 14.4 Å². The van der Waals surface area contributed by atoms with Crippen molar-refractivity contribution >= 4 is 30.9 Å². The summed E-state index contributed by atoms with van der Waals surface area (Å²) in [5.74, 6) is -3.03. The maximum atomic E-state index is 14.3. The first-order valence-corrected chi connectivity index (χ1v) is 17.7. The number of ether oxygens (including phenoxy) is 2. The zero-order chi connectivity index (χ0) is 40.1. The van der Waals surface area contributed by atoms with Crippen LogP contribution in [-0.2, 0) is 41.0 Å². The minimum absolute atomic E-state index is 0.123. The van der Waals surface area contributed by atoms with Gasteiger partial charge in [-0.2, -0.15) is 13.2 Å². The van der Waals surface area contributed by atoms with Crippen LogP contribution in [0.5, 0.6) is 0 Å². The Labute approximate surface area is 313 Å². The van der Waals surface area contributed by atoms with E-state index in [1.54, 1.807) is 51.1 Å². The van der Waals surface area contributed by atoms with Gasteiger partial charge in [-0.25, -0.2) is 4.79 Å². The Kier molecular flexibility index (Phi) is 12.8. The third-order valence-electron chi connectivity index (χ3n) is 9.87. The monoisotopic (exact) mass is 757 g/mol. The largest absolute Gasteiger partial charge is 0.457 e. The van der Waals surface area contributed by atoms with Gasteiger partial charge in [0.2, 0.25) is 5.91 Å². The third-order valence-corrected chi connectivity index (χ3v) is 9.87. The van der Waals surface area contributed by atoms with Crippen molar-refractivity contribution in [1.82, 2.24) is 10.2 Å².